The number of hydrogen-bond acceptors (Lipinski definition) is 3. The van der Waals surface area contributed by atoms with E-state index in [1.54, 1.807) is 0 Å². The van der Waals surface area contributed by atoms with Crippen LogP contribution in [0.4, 0.5) is 0 Å². The lowest BCUT2D eigenvalue weighted by molar-refractivity contribution is 0.205. The molecule has 74 valence electrons. The van der Waals surface area contributed by atoms with Crippen molar-refractivity contribution in [3.05, 3.63) is 0 Å². The monoisotopic (exact) mass is 182 g/mol. The topological polar surface area (TPSA) is 33.6 Å². The number of aliphatic imine (C=N–C) groups is 1. The summed E-state index contributed by atoms with van der Waals surface area (Å²) in [5, 5.41) is 3.45. The van der Waals surface area contributed by atoms with Crippen molar-refractivity contribution in [3.63, 3.8) is 0 Å². The molecule has 13 heavy (non-hydrogen) atoms. The van der Waals surface area contributed by atoms with Gasteiger partial charge in [0.25, 0.3) is 0 Å². The van der Waals surface area contributed by atoms with Gasteiger partial charge in [0.15, 0.2) is 0 Å². The first-order chi connectivity index (χ1) is 6.40. The quantitative estimate of drug-likeness (QED) is 0.699. The predicted octanol–water partition coefficient (Wildman–Crippen LogP) is 1.34. The predicted molar refractivity (Wildman–Crippen MR) is 53.1 cm³/mol. The smallest absolute Gasteiger partial charge is 0.201 e. The van der Waals surface area contributed by atoms with Crippen LogP contribution in [0.5, 0.6) is 0 Å². The number of rotatable bonds is 2. The average Bonchev–Trinajstić information content (AvgIpc) is 2.67. The molecule has 0 bridgehead atoms. The van der Waals surface area contributed by atoms with E-state index in [1.165, 1.54) is 19.3 Å². The van der Waals surface area contributed by atoms with Crippen LogP contribution in [0.1, 0.15) is 32.6 Å². The van der Waals surface area contributed by atoms with Gasteiger partial charge in [0.1, 0.15) is 6.10 Å². The molecule has 3 nitrogen and oxygen atoms in total. The Hall–Kier alpha value is -0.570. The SMILES string of the molecule is CCC1CN=C(C2CCCCN2)O1. The maximum Gasteiger partial charge on any atom is 0.201 e. The Kier molecular flexibility index (Phi) is 2.83. The first kappa shape index (κ1) is 9.00. The molecule has 3 heteroatoms. The summed E-state index contributed by atoms with van der Waals surface area (Å²) >= 11 is 0. The third-order valence-electron chi connectivity index (χ3n) is 2.80. The van der Waals surface area contributed by atoms with E-state index in [-0.39, 0.29) is 0 Å². The zero-order chi connectivity index (χ0) is 9.10. The van der Waals surface area contributed by atoms with Crippen molar-refractivity contribution in [2.45, 2.75) is 44.8 Å². The molecule has 2 unspecified atom stereocenters. The number of ether oxygens (including phenoxy) is 1. The van der Waals surface area contributed by atoms with Gasteiger partial charge < -0.3 is 10.1 Å². The van der Waals surface area contributed by atoms with Crippen molar-refractivity contribution in [2.75, 3.05) is 13.1 Å². The van der Waals surface area contributed by atoms with Crippen LogP contribution in [0.15, 0.2) is 4.99 Å². The first-order valence-corrected chi connectivity index (χ1v) is 5.34. The second-order valence-electron chi connectivity index (χ2n) is 3.83. The fourth-order valence-electron chi connectivity index (χ4n) is 1.90. The van der Waals surface area contributed by atoms with E-state index in [0.717, 1.165) is 25.4 Å². The zero-order valence-corrected chi connectivity index (χ0v) is 8.25. The summed E-state index contributed by atoms with van der Waals surface area (Å²) in [4.78, 5) is 4.44. The van der Waals surface area contributed by atoms with Crippen molar-refractivity contribution in [1.29, 1.82) is 0 Å². The van der Waals surface area contributed by atoms with Gasteiger partial charge in [-0.3, -0.25) is 4.99 Å². The average molecular weight is 182 g/mol. The van der Waals surface area contributed by atoms with Gasteiger partial charge in [0.05, 0.1) is 12.6 Å². The molecule has 0 aliphatic carbocycles. The van der Waals surface area contributed by atoms with Crippen molar-refractivity contribution in [1.82, 2.24) is 5.32 Å². The molecule has 0 spiro atoms. The molecule has 2 heterocycles. The molecule has 2 rings (SSSR count). The van der Waals surface area contributed by atoms with Gasteiger partial charge in [-0.15, -0.1) is 0 Å². The van der Waals surface area contributed by atoms with E-state index in [4.69, 9.17) is 4.74 Å². The minimum atomic E-state index is 0.346. The highest BCUT2D eigenvalue weighted by atomic mass is 16.5. The van der Waals surface area contributed by atoms with Gasteiger partial charge in [0.2, 0.25) is 5.90 Å². The van der Waals surface area contributed by atoms with Crippen LogP contribution < -0.4 is 5.32 Å². The Labute approximate surface area is 79.6 Å². The molecule has 0 saturated carbocycles. The molecule has 1 saturated heterocycles. The number of nitrogens with zero attached hydrogens (tertiary/aromatic N) is 1. The van der Waals surface area contributed by atoms with Crippen LogP contribution in [0.3, 0.4) is 0 Å². The number of hydrogen-bond donors (Lipinski definition) is 1. The van der Waals surface area contributed by atoms with Crippen LogP contribution >= 0.6 is 0 Å². The molecule has 0 amide bonds. The lowest BCUT2D eigenvalue weighted by atomic mass is 10.1. The molecule has 2 aliphatic rings. The van der Waals surface area contributed by atoms with Crippen molar-refractivity contribution < 1.29 is 4.74 Å². The Bertz CT molecular complexity index is 197. The highest BCUT2D eigenvalue weighted by Crippen LogP contribution is 2.15. The molecule has 1 fully saturated rings. The molecule has 0 aromatic rings. The van der Waals surface area contributed by atoms with Crippen molar-refractivity contribution in [3.8, 4) is 0 Å². The van der Waals surface area contributed by atoms with E-state index in [0.29, 0.717) is 12.1 Å². The third kappa shape index (κ3) is 2.02. The molecule has 1 N–H and O–H groups in total. The molecule has 0 radical (unpaired) electrons. The summed E-state index contributed by atoms with van der Waals surface area (Å²) in [6.45, 7) is 4.13. The molecule has 2 aliphatic heterocycles. The van der Waals surface area contributed by atoms with Crippen LogP contribution in [0.25, 0.3) is 0 Å². The first-order valence-electron chi connectivity index (χ1n) is 5.34. The molecule has 0 aromatic carbocycles. The minimum Gasteiger partial charge on any atom is -0.475 e. The maximum atomic E-state index is 5.74. The van der Waals surface area contributed by atoms with Gasteiger partial charge in [-0.25, -0.2) is 0 Å². The minimum absolute atomic E-state index is 0.346. The summed E-state index contributed by atoms with van der Waals surface area (Å²) in [5.74, 6) is 0.964. The lowest BCUT2D eigenvalue weighted by Gasteiger charge is -2.23. The van der Waals surface area contributed by atoms with Crippen LogP contribution in [-0.2, 0) is 4.74 Å². The van der Waals surface area contributed by atoms with Gasteiger partial charge in [-0.2, -0.15) is 0 Å². The fourth-order valence-corrected chi connectivity index (χ4v) is 1.90. The van der Waals surface area contributed by atoms with Gasteiger partial charge in [0, 0.05) is 0 Å². The normalized spacial score (nSPS) is 34.1. The largest absolute Gasteiger partial charge is 0.475 e. The second-order valence-corrected chi connectivity index (χ2v) is 3.83. The van der Waals surface area contributed by atoms with Gasteiger partial charge in [-0.1, -0.05) is 13.3 Å². The fraction of sp³-hybridized carbons (Fsp3) is 0.900. The van der Waals surface area contributed by atoms with Crippen LogP contribution in [-0.4, -0.2) is 31.1 Å². The Morgan fingerprint density at radius 1 is 1.54 bits per heavy atom. The summed E-state index contributed by atoms with van der Waals surface area (Å²) in [6, 6.07) is 0.408. The zero-order valence-electron chi connectivity index (χ0n) is 8.25. The second kappa shape index (κ2) is 4.09. The summed E-state index contributed by atoms with van der Waals surface area (Å²) in [7, 11) is 0. The van der Waals surface area contributed by atoms with Crippen molar-refractivity contribution >= 4 is 5.90 Å². The van der Waals surface area contributed by atoms with E-state index in [2.05, 4.69) is 17.2 Å². The van der Waals surface area contributed by atoms with E-state index >= 15 is 0 Å². The van der Waals surface area contributed by atoms with Crippen LogP contribution in [0, 0.1) is 0 Å². The Morgan fingerprint density at radius 3 is 3.08 bits per heavy atom. The Morgan fingerprint density at radius 2 is 2.46 bits per heavy atom. The highest BCUT2D eigenvalue weighted by Gasteiger charge is 2.26. The van der Waals surface area contributed by atoms with Crippen molar-refractivity contribution in [2.24, 2.45) is 4.99 Å². The lowest BCUT2D eigenvalue weighted by Crippen LogP contribution is -2.41. The number of nitrogens with one attached hydrogen (secondary N) is 1. The maximum absolute atomic E-state index is 5.74. The number of piperidine rings is 1. The van der Waals surface area contributed by atoms with E-state index in [1.807, 2.05) is 0 Å². The molecular weight excluding hydrogens is 164 g/mol. The molecule has 2 atom stereocenters. The highest BCUT2D eigenvalue weighted by molar-refractivity contribution is 5.83. The van der Waals surface area contributed by atoms with Gasteiger partial charge >= 0.3 is 0 Å². The van der Waals surface area contributed by atoms with E-state index < -0.39 is 0 Å². The third-order valence-corrected chi connectivity index (χ3v) is 2.80. The molecular formula is C10H18N2O. The van der Waals surface area contributed by atoms with Gasteiger partial charge in [-0.05, 0) is 25.8 Å². The summed E-state index contributed by atoms with van der Waals surface area (Å²) < 4.78 is 5.74. The summed E-state index contributed by atoms with van der Waals surface area (Å²) in [6.07, 6.45) is 5.20. The van der Waals surface area contributed by atoms with E-state index in [9.17, 15) is 0 Å². The Balaban J connectivity index is 1.87. The standard InChI is InChI=1S/C10H18N2O/c1-2-8-7-12-10(13-8)9-5-3-4-6-11-9/h8-9,11H,2-7H2,1H3. The summed E-state index contributed by atoms with van der Waals surface area (Å²) in [5.41, 5.74) is 0. The van der Waals surface area contributed by atoms with Crippen LogP contribution in [0.2, 0.25) is 0 Å². The molecule has 0 aromatic heterocycles.